The Hall–Kier alpha value is -0.610. The van der Waals surface area contributed by atoms with E-state index in [1.807, 2.05) is 13.8 Å². The highest BCUT2D eigenvalue weighted by Crippen LogP contribution is 2.14. The van der Waals surface area contributed by atoms with Gasteiger partial charge in [-0.3, -0.25) is 4.79 Å². The third-order valence-electron chi connectivity index (χ3n) is 3.24. The van der Waals surface area contributed by atoms with Gasteiger partial charge in [-0.25, -0.2) is 0 Å². The molecule has 1 amide bonds. The summed E-state index contributed by atoms with van der Waals surface area (Å²) in [4.78, 5) is 11.8. The fourth-order valence-electron chi connectivity index (χ4n) is 1.87. The number of carbonyl (C=O) groups excluding carboxylic acids is 1. The van der Waals surface area contributed by atoms with Gasteiger partial charge in [-0.15, -0.1) is 0 Å². The van der Waals surface area contributed by atoms with E-state index in [2.05, 4.69) is 17.6 Å². The van der Waals surface area contributed by atoms with Crippen LogP contribution in [0.15, 0.2) is 0 Å². The maximum Gasteiger partial charge on any atom is 0.237 e. The summed E-state index contributed by atoms with van der Waals surface area (Å²) in [5.74, 6) is 0.803. The molecule has 0 spiro atoms. The fraction of sp³-hybridized carbons (Fsp3) is 0.917. The van der Waals surface area contributed by atoms with E-state index in [1.165, 1.54) is 0 Å². The minimum atomic E-state index is -0.454. The van der Waals surface area contributed by atoms with Crippen molar-refractivity contribution in [3.05, 3.63) is 0 Å². The standard InChI is InChI=1S/C12H24N2O2/c1-8(2)11(15)7-14-12(16)10-6-9(3)4-5-13-10/h8-11,13,15H,4-7H2,1-3H3,(H,14,16). The van der Waals surface area contributed by atoms with Gasteiger partial charge in [0.1, 0.15) is 0 Å². The molecule has 0 bridgehead atoms. The predicted molar refractivity (Wildman–Crippen MR) is 64.0 cm³/mol. The Bertz CT molecular complexity index is 231. The van der Waals surface area contributed by atoms with Crippen molar-refractivity contribution in [2.75, 3.05) is 13.1 Å². The van der Waals surface area contributed by atoms with E-state index < -0.39 is 6.10 Å². The molecule has 4 nitrogen and oxygen atoms in total. The molecule has 16 heavy (non-hydrogen) atoms. The monoisotopic (exact) mass is 228 g/mol. The van der Waals surface area contributed by atoms with Gasteiger partial charge >= 0.3 is 0 Å². The number of hydrogen-bond donors (Lipinski definition) is 3. The molecule has 0 aromatic rings. The number of hydrogen-bond acceptors (Lipinski definition) is 3. The molecule has 1 fully saturated rings. The van der Waals surface area contributed by atoms with Gasteiger partial charge in [0, 0.05) is 6.54 Å². The van der Waals surface area contributed by atoms with Crippen molar-refractivity contribution in [2.45, 2.75) is 45.8 Å². The molecule has 0 aromatic heterocycles. The molecule has 0 aliphatic carbocycles. The van der Waals surface area contributed by atoms with Crippen molar-refractivity contribution in [3.8, 4) is 0 Å². The van der Waals surface area contributed by atoms with Crippen LogP contribution in [0, 0.1) is 11.8 Å². The molecule has 0 saturated carbocycles. The third-order valence-corrected chi connectivity index (χ3v) is 3.24. The van der Waals surface area contributed by atoms with Crippen LogP contribution in [0.3, 0.4) is 0 Å². The van der Waals surface area contributed by atoms with E-state index in [1.54, 1.807) is 0 Å². The average Bonchev–Trinajstić information content (AvgIpc) is 2.25. The zero-order valence-electron chi connectivity index (χ0n) is 10.5. The van der Waals surface area contributed by atoms with Gasteiger partial charge in [0.05, 0.1) is 12.1 Å². The summed E-state index contributed by atoms with van der Waals surface area (Å²) in [6.07, 6.45) is 1.58. The normalized spacial score (nSPS) is 27.8. The fourth-order valence-corrected chi connectivity index (χ4v) is 1.87. The quantitative estimate of drug-likeness (QED) is 0.657. The third kappa shape index (κ3) is 4.10. The van der Waals surface area contributed by atoms with Gasteiger partial charge in [-0.05, 0) is 31.2 Å². The van der Waals surface area contributed by atoms with Crippen molar-refractivity contribution < 1.29 is 9.90 Å². The summed E-state index contributed by atoms with van der Waals surface area (Å²) >= 11 is 0. The van der Waals surface area contributed by atoms with Gasteiger partial charge < -0.3 is 15.7 Å². The highest BCUT2D eigenvalue weighted by atomic mass is 16.3. The molecular weight excluding hydrogens is 204 g/mol. The number of rotatable bonds is 4. The Morgan fingerprint density at radius 1 is 1.56 bits per heavy atom. The highest BCUT2D eigenvalue weighted by Gasteiger charge is 2.24. The summed E-state index contributed by atoms with van der Waals surface area (Å²) < 4.78 is 0. The molecule has 3 unspecified atom stereocenters. The molecule has 0 aromatic carbocycles. The molecule has 1 saturated heterocycles. The largest absolute Gasteiger partial charge is 0.391 e. The zero-order chi connectivity index (χ0) is 12.1. The molecule has 3 atom stereocenters. The second-order valence-corrected chi connectivity index (χ2v) is 5.19. The highest BCUT2D eigenvalue weighted by molar-refractivity contribution is 5.81. The molecule has 3 N–H and O–H groups in total. The van der Waals surface area contributed by atoms with Gasteiger partial charge in [-0.2, -0.15) is 0 Å². The van der Waals surface area contributed by atoms with E-state index in [0.29, 0.717) is 12.5 Å². The van der Waals surface area contributed by atoms with Crippen LogP contribution in [0.1, 0.15) is 33.6 Å². The van der Waals surface area contributed by atoms with Crippen molar-refractivity contribution in [1.82, 2.24) is 10.6 Å². The Morgan fingerprint density at radius 2 is 2.25 bits per heavy atom. The lowest BCUT2D eigenvalue weighted by Crippen LogP contribution is -2.50. The first-order chi connectivity index (χ1) is 7.50. The number of aliphatic hydroxyl groups is 1. The lowest BCUT2D eigenvalue weighted by Gasteiger charge is -2.27. The predicted octanol–water partition coefficient (Wildman–Crippen LogP) is 0.508. The Balaban J connectivity index is 2.29. The lowest BCUT2D eigenvalue weighted by molar-refractivity contribution is -0.124. The van der Waals surface area contributed by atoms with Gasteiger partial charge in [-0.1, -0.05) is 20.8 Å². The summed E-state index contributed by atoms with van der Waals surface area (Å²) in [6, 6.07) is -0.0805. The van der Waals surface area contributed by atoms with Gasteiger partial charge in [0.2, 0.25) is 5.91 Å². The van der Waals surface area contributed by atoms with E-state index in [4.69, 9.17) is 0 Å². The van der Waals surface area contributed by atoms with E-state index in [9.17, 15) is 9.90 Å². The maximum atomic E-state index is 11.8. The smallest absolute Gasteiger partial charge is 0.237 e. The van der Waals surface area contributed by atoms with Gasteiger partial charge in [0.25, 0.3) is 0 Å². The molecule has 1 rings (SSSR count). The number of aliphatic hydroxyl groups excluding tert-OH is 1. The van der Waals surface area contributed by atoms with E-state index in [-0.39, 0.29) is 17.9 Å². The number of carbonyl (C=O) groups is 1. The minimum Gasteiger partial charge on any atom is -0.391 e. The van der Waals surface area contributed by atoms with Crippen molar-refractivity contribution in [3.63, 3.8) is 0 Å². The average molecular weight is 228 g/mol. The minimum absolute atomic E-state index is 0.0197. The molecule has 1 aliphatic heterocycles. The van der Waals surface area contributed by atoms with Crippen LogP contribution in [-0.4, -0.2) is 36.2 Å². The number of piperidine rings is 1. The van der Waals surface area contributed by atoms with E-state index in [0.717, 1.165) is 19.4 Å². The zero-order valence-corrected chi connectivity index (χ0v) is 10.5. The Labute approximate surface area is 97.8 Å². The molecule has 4 heteroatoms. The molecular formula is C12H24N2O2. The van der Waals surface area contributed by atoms with Crippen LogP contribution in [0.5, 0.6) is 0 Å². The van der Waals surface area contributed by atoms with Crippen LogP contribution < -0.4 is 10.6 Å². The summed E-state index contributed by atoms with van der Waals surface area (Å²) in [6.45, 7) is 7.31. The summed E-state index contributed by atoms with van der Waals surface area (Å²) in [5, 5.41) is 15.6. The summed E-state index contributed by atoms with van der Waals surface area (Å²) in [5.41, 5.74) is 0. The second kappa shape index (κ2) is 6.21. The van der Waals surface area contributed by atoms with Crippen LogP contribution in [0.4, 0.5) is 0 Å². The van der Waals surface area contributed by atoms with Gasteiger partial charge in [0.15, 0.2) is 0 Å². The maximum absolute atomic E-state index is 11.8. The first-order valence-electron chi connectivity index (χ1n) is 6.20. The van der Waals surface area contributed by atoms with E-state index >= 15 is 0 Å². The lowest BCUT2D eigenvalue weighted by atomic mass is 9.94. The van der Waals surface area contributed by atoms with Crippen LogP contribution in [0.2, 0.25) is 0 Å². The molecule has 94 valence electrons. The number of amides is 1. The van der Waals surface area contributed by atoms with Crippen molar-refractivity contribution >= 4 is 5.91 Å². The molecule has 0 radical (unpaired) electrons. The Morgan fingerprint density at radius 3 is 2.81 bits per heavy atom. The van der Waals surface area contributed by atoms with Crippen LogP contribution >= 0.6 is 0 Å². The molecule has 1 heterocycles. The SMILES string of the molecule is CC1CCNC(C(=O)NCC(O)C(C)C)C1. The summed E-state index contributed by atoms with van der Waals surface area (Å²) in [7, 11) is 0. The van der Waals surface area contributed by atoms with Crippen LogP contribution in [0.25, 0.3) is 0 Å². The second-order valence-electron chi connectivity index (χ2n) is 5.19. The Kier molecular flexibility index (Phi) is 5.22. The first kappa shape index (κ1) is 13.5. The first-order valence-corrected chi connectivity index (χ1v) is 6.20. The number of nitrogens with one attached hydrogen (secondary N) is 2. The van der Waals surface area contributed by atoms with Crippen molar-refractivity contribution in [2.24, 2.45) is 11.8 Å². The van der Waals surface area contributed by atoms with Crippen LogP contribution in [-0.2, 0) is 4.79 Å². The van der Waals surface area contributed by atoms with Crippen molar-refractivity contribution in [1.29, 1.82) is 0 Å². The molecule has 1 aliphatic rings. The topological polar surface area (TPSA) is 61.4 Å².